The first kappa shape index (κ1) is 9.88. The van der Waals surface area contributed by atoms with Gasteiger partial charge in [0.25, 0.3) is 0 Å². The van der Waals surface area contributed by atoms with Crippen molar-refractivity contribution < 1.29 is 20.1 Å². The predicted octanol–water partition coefficient (Wildman–Crippen LogP) is -2.33. The SMILES string of the molecule is NCC1CO[C@H](CO)[C@H](O)[C@@H]1O. The third kappa shape index (κ3) is 1.75. The van der Waals surface area contributed by atoms with Crippen molar-refractivity contribution in [2.24, 2.45) is 11.7 Å². The summed E-state index contributed by atoms with van der Waals surface area (Å²) in [5.74, 6) is -0.234. The number of aliphatic hydroxyl groups is 3. The predicted molar refractivity (Wildman–Crippen MR) is 41.4 cm³/mol. The van der Waals surface area contributed by atoms with E-state index in [2.05, 4.69) is 0 Å². The summed E-state index contributed by atoms with van der Waals surface area (Å²) in [6.45, 7) is 0.284. The monoisotopic (exact) mass is 177 g/mol. The number of hydrogen-bond donors (Lipinski definition) is 4. The lowest BCUT2D eigenvalue weighted by Crippen LogP contribution is -2.53. The molecule has 1 heterocycles. The van der Waals surface area contributed by atoms with Crippen LogP contribution in [0.5, 0.6) is 0 Å². The van der Waals surface area contributed by atoms with Crippen molar-refractivity contribution in [1.82, 2.24) is 0 Å². The van der Waals surface area contributed by atoms with Crippen LogP contribution in [0, 0.1) is 5.92 Å². The normalized spacial score (nSPS) is 43.0. The molecule has 72 valence electrons. The minimum absolute atomic E-state index is 0.234. The average molecular weight is 177 g/mol. The summed E-state index contributed by atoms with van der Waals surface area (Å²) in [7, 11) is 0. The van der Waals surface area contributed by atoms with E-state index in [1.165, 1.54) is 0 Å². The molecule has 1 saturated heterocycles. The summed E-state index contributed by atoms with van der Waals surface area (Å²) in [5.41, 5.74) is 5.33. The first-order valence-electron chi connectivity index (χ1n) is 3.99. The Morgan fingerprint density at radius 1 is 1.33 bits per heavy atom. The van der Waals surface area contributed by atoms with Gasteiger partial charge in [0.2, 0.25) is 0 Å². The molecule has 1 fully saturated rings. The molecule has 0 saturated carbocycles. The smallest absolute Gasteiger partial charge is 0.109 e. The molecule has 0 aromatic heterocycles. The first-order valence-corrected chi connectivity index (χ1v) is 3.99. The van der Waals surface area contributed by atoms with Crippen LogP contribution < -0.4 is 5.73 Å². The second-order valence-electron chi connectivity index (χ2n) is 3.03. The third-order valence-electron chi connectivity index (χ3n) is 2.22. The molecule has 1 aliphatic rings. The van der Waals surface area contributed by atoms with Gasteiger partial charge >= 0.3 is 0 Å². The van der Waals surface area contributed by atoms with Crippen LogP contribution in [0.4, 0.5) is 0 Å². The molecule has 12 heavy (non-hydrogen) atoms. The van der Waals surface area contributed by atoms with Crippen molar-refractivity contribution in [3.05, 3.63) is 0 Å². The number of hydrogen-bond acceptors (Lipinski definition) is 5. The van der Waals surface area contributed by atoms with Gasteiger partial charge in [-0.3, -0.25) is 0 Å². The molecule has 0 bridgehead atoms. The van der Waals surface area contributed by atoms with Crippen molar-refractivity contribution in [1.29, 1.82) is 0 Å². The fourth-order valence-electron chi connectivity index (χ4n) is 1.31. The van der Waals surface area contributed by atoms with E-state index in [9.17, 15) is 10.2 Å². The van der Waals surface area contributed by atoms with E-state index < -0.39 is 18.3 Å². The standard InChI is InChI=1S/C7H15NO4/c8-1-4-3-12-5(2-9)7(11)6(4)10/h4-7,9-11H,1-3,8H2/t4?,5-,6-,7+/m1/s1. The van der Waals surface area contributed by atoms with Crippen LogP contribution in [-0.2, 0) is 4.74 Å². The molecular formula is C7H15NO4. The summed E-state index contributed by atoms with van der Waals surface area (Å²) in [5, 5.41) is 27.5. The zero-order valence-corrected chi connectivity index (χ0v) is 6.76. The lowest BCUT2D eigenvalue weighted by atomic mass is 9.93. The molecule has 0 aromatic carbocycles. The summed E-state index contributed by atoms with van der Waals surface area (Å²) in [4.78, 5) is 0. The highest BCUT2D eigenvalue weighted by Crippen LogP contribution is 2.19. The summed E-state index contributed by atoms with van der Waals surface area (Å²) < 4.78 is 5.07. The van der Waals surface area contributed by atoms with Gasteiger partial charge in [-0.1, -0.05) is 0 Å². The van der Waals surface area contributed by atoms with Gasteiger partial charge in [-0.05, 0) is 6.54 Å². The molecule has 0 spiro atoms. The van der Waals surface area contributed by atoms with Crippen molar-refractivity contribution in [3.63, 3.8) is 0 Å². The molecule has 1 rings (SSSR count). The van der Waals surface area contributed by atoms with E-state index in [4.69, 9.17) is 15.6 Å². The lowest BCUT2D eigenvalue weighted by molar-refractivity contribution is -0.172. The second-order valence-corrected chi connectivity index (χ2v) is 3.03. The first-order chi connectivity index (χ1) is 5.70. The maximum Gasteiger partial charge on any atom is 0.109 e. The van der Waals surface area contributed by atoms with E-state index in [1.54, 1.807) is 0 Å². The van der Waals surface area contributed by atoms with E-state index in [0.717, 1.165) is 0 Å². The summed E-state index contributed by atoms with van der Waals surface area (Å²) in [6, 6.07) is 0. The molecule has 1 unspecified atom stereocenters. The molecule has 4 atom stereocenters. The molecule has 0 radical (unpaired) electrons. The van der Waals surface area contributed by atoms with E-state index in [0.29, 0.717) is 6.61 Å². The van der Waals surface area contributed by atoms with Crippen LogP contribution >= 0.6 is 0 Å². The van der Waals surface area contributed by atoms with Crippen molar-refractivity contribution >= 4 is 0 Å². The van der Waals surface area contributed by atoms with E-state index >= 15 is 0 Å². The lowest BCUT2D eigenvalue weighted by Gasteiger charge is -2.36. The minimum Gasteiger partial charge on any atom is -0.394 e. The highest BCUT2D eigenvalue weighted by atomic mass is 16.5. The second kappa shape index (κ2) is 4.15. The van der Waals surface area contributed by atoms with Gasteiger partial charge in [0.1, 0.15) is 12.2 Å². The van der Waals surface area contributed by atoms with Gasteiger partial charge in [-0.15, -0.1) is 0 Å². The Morgan fingerprint density at radius 3 is 2.50 bits per heavy atom. The molecule has 0 aromatic rings. The Hall–Kier alpha value is -0.200. The van der Waals surface area contributed by atoms with Gasteiger partial charge < -0.3 is 25.8 Å². The van der Waals surface area contributed by atoms with Crippen LogP contribution in [-0.4, -0.2) is 53.4 Å². The van der Waals surface area contributed by atoms with Crippen molar-refractivity contribution in [3.8, 4) is 0 Å². The topological polar surface area (TPSA) is 95.9 Å². The molecule has 5 N–H and O–H groups in total. The zero-order chi connectivity index (χ0) is 9.14. The number of rotatable bonds is 2. The van der Waals surface area contributed by atoms with Crippen LogP contribution in [0.2, 0.25) is 0 Å². The molecule has 1 aliphatic heterocycles. The van der Waals surface area contributed by atoms with Gasteiger partial charge in [0.05, 0.1) is 19.3 Å². The highest BCUT2D eigenvalue weighted by Gasteiger charge is 2.36. The van der Waals surface area contributed by atoms with Crippen LogP contribution in [0.1, 0.15) is 0 Å². The molecule has 5 nitrogen and oxygen atoms in total. The maximum atomic E-state index is 9.42. The average Bonchev–Trinajstić information content (AvgIpc) is 2.10. The van der Waals surface area contributed by atoms with Crippen molar-refractivity contribution in [2.75, 3.05) is 19.8 Å². The van der Waals surface area contributed by atoms with E-state index in [-0.39, 0.29) is 19.1 Å². The molecule has 0 aliphatic carbocycles. The Kier molecular flexibility index (Phi) is 3.42. The Morgan fingerprint density at radius 2 is 2.00 bits per heavy atom. The quantitative estimate of drug-likeness (QED) is 0.379. The minimum atomic E-state index is -1.03. The summed E-state index contributed by atoms with van der Waals surface area (Å²) >= 11 is 0. The number of nitrogens with two attached hydrogens (primary N) is 1. The Bertz CT molecular complexity index is 127. The number of aliphatic hydroxyl groups excluding tert-OH is 3. The van der Waals surface area contributed by atoms with Crippen LogP contribution in [0.3, 0.4) is 0 Å². The summed E-state index contributed by atoms with van der Waals surface area (Å²) in [6.07, 6.45) is -2.60. The van der Waals surface area contributed by atoms with Crippen LogP contribution in [0.25, 0.3) is 0 Å². The Labute approximate surface area is 70.8 Å². The number of ether oxygens (including phenoxy) is 1. The third-order valence-corrected chi connectivity index (χ3v) is 2.22. The van der Waals surface area contributed by atoms with Gasteiger partial charge in [-0.2, -0.15) is 0 Å². The van der Waals surface area contributed by atoms with Crippen LogP contribution in [0.15, 0.2) is 0 Å². The maximum absolute atomic E-state index is 9.42. The highest BCUT2D eigenvalue weighted by molar-refractivity contribution is 4.86. The zero-order valence-electron chi connectivity index (χ0n) is 6.76. The fraction of sp³-hybridized carbons (Fsp3) is 1.00. The van der Waals surface area contributed by atoms with Gasteiger partial charge in [0, 0.05) is 5.92 Å². The molecule has 5 heteroatoms. The largest absolute Gasteiger partial charge is 0.394 e. The van der Waals surface area contributed by atoms with Gasteiger partial charge in [0.15, 0.2) is 0 Å². The molecule has 0 amide bonds. The van der Waals surface area contributed by atoms with Gasteiger partial charge in [-0.25, -0.2) is 0 Å². The Balaban J connectivity index is 2.52. The van der Waals surface area contributed by atoms with Crippen molar-refractivity contribution in [2.45, 2.75) is 18.3 Å². The fourth-order valence-corrected chi connectivity index (χ4v) is 1.31. The molecular weight excluding hydrogens is 162 g/mol. The van der Waals surface area contributed by atoms with E-state index in [1.807, 2.05) is 0 Å².